The first kappa shape index (κ1) is 15.9. The van der Waals surface area contributed by atoms with Gasteiger partial charge in [0.2, 0.25) is 5.91 Å². The molecular weight excluding hydrogens is 308 g/mol. The Bertz CT molecular complexity index is 950. The fraction of sp³-hybridized carbons (Fsp3) is 0.318. The summed E-state index contributed by atoms with van der Waals surface area (Å²) in [6.07, 6.45) is 1.85. The Hall–Kier alpha value is -2.55. The number of aromatic nitrogens is 1. The maximum Gasteiger partial charge on any atom is 0.237 e. The van der Waals surface area contributed by atoms with Crippen LogP contribution in [0.2, 0.25) is 0 Å². The SMILES string of the molecule is CCN(C(=O)C1(c2c(C)[nH]c3ccccc23)CC1)c1cccc(C)c1. The average molecular weight is 332 g/mol. The van der Waals surface area contributed by atoms with Crippen LogP contribution < -0.4 is 4.90 Å². The molecule has 1 heterocycles. The van der Waals surface area contributed by atoms with Crippen molar-refractivity contribution in [1.29, 1.82) is 0 Å². The third kappa shape index (κ3) is 2.46. The molecule has 1 fully saturated rings. The lowest BCUT2D eigenvalue weighted by molar-refractivity contribution is -0.121. The van der Waals surface area contributed by atoms with E-state index < -0.39 is 0 Å². The van der Waals surface area contributed by atoms with Crippen molar-refractivity contribution in [2.24, 2.45) is 0 Å². The van der Waals surface area contributed by atoms with E-state index in [1.54, 1.807) is 0 Å². The number of nitrogens with zero attached hydrogens (tertiary/aromatic N) is 1. The van der Waals surface area contributed by atoms with Crippen LogP contribution in [0.1, 0.15) is 36.6 Å². The van der Waals surface area contributed by atoms with Gasteiger partial charge in [0.1, 0.15) is 0 Å². The van der Waals surface area contributed by atoms with Gasteiger partial charge in [-0.1, -0.05) is 30.3 Å². The summed E-state index contributed by atoms with van der Waals surface area (Å²) in [6, 6.07) is 16.5. The quantitative estimate of drug-likeness (QED) is 0.727. The van der Waals surface area contributed by atoms with Crippen LogP contribution in [0, 0.1) is 13.8 Å². The van der Waals surface area contributed by atoms with E-state index in [1.165, 1.54) is 16.5 Å². The number of aryl methyl sites for hydroxylation is 2. The minimum absolute atomic E-state index is 0.230. The predicted molar refractivity (Wildman–Crippen MR) is 103 cm³/mol. The molecule has 0 radical (unpaired) electrons. The first-order valence-electron chi connectivity index (χ1n) is 9.03. The number of H-pyrrole nitrogens is 1. The molecule has 3 nitrogen and oxygen atoms in total. The number of anilines is 1. The van der Waals surface area contributed by atoms with Gasteiger partial charge in [-0.25, -0.2) is 0 Å². The molecule has 3 aromatic rings. The Morgan fingerprint density at radius 3 is 2.56 bits per heavy atom. The van der Waals surface area contributed by atoms with E-state index in [0.717, 1.165) is 29.7 Å². The number of likely N-dealkylation sites (N-methyl/N-ethyl adjacent to an activating group) is 1. The highest BCUT2D eigenvalue weighted by Gasteiger charge is 2.55. The molecule has 0 atom stereocenters. The molecule has 25 heavy (non-hydrogen) atoms. The van der Waals surface area contributed by atoms with E-state index >= 15 is 0 Å². The van der Waals surface area contributed by atoms with Crippen LogP contribution in [0.3, 0.4) is 0 Å². The van der Waals surface area contributed by atoms with Gasteiger partial charge in [0.25, 0.3) is 0 Å². The standard InChI is InChI=1S/C22H24N2O/c1-4-24(17-9-7-8-15(2)14-17)21(25)22(12-13-22)20-16(3)23-19-11-6-5-10-18(19)20/h5-11,14,23H,4,12-13H2,1-3H3. The fourth-order valence-corrected chi connectivity index (χ4v) is 4.09. The zero-order chi connectivity index (χ0) is 17.6. The summed E-state index contributed by atoms with van der Waals surface area (Å²) in [7, 11) is 0. The molecule has 4 rings (SSSR count). The molecule has 128 valence electrons. The minimum Gasteiger partial charge on any atom is -0.358 e. The molecule has 0 unspecified atom stereocenters. The molecule has 0 bridgehead atoms. The summed E-state index contributed by atoms with van der Waals surface area (Å²) < 4.78 is 0. The van der Waals surface area contributed by atoms with Crippen LogP contribution in [0.25, 0.3) is 10.9 Å². The van der Waals surface area contributed by atoms with Crippen LogP contribution >= 0.6 is 0 Å². The predicted octanol–water partition coefficient (Wildman–Crippen LogP) is 4.87. The third-order valence-electron chi connectivity index (χ3n) is 5.41. The van der Waals surface area contributed by atoms with Crippen molar-refractivity contribution in [1.82, 2.24) is 4.98 Å². The number of benzene rings is 2. The van der Waals surface area contributed by atoms with Crippen LogP contribution in [0.4, 0.5) is 5.69 Å². The monoisotopic (exact) mass is 332 g/mol. The van der Waals surface area contributed by atoms with Gasteiger partial charge in [-0.05, 0) is 62.9 Å². The molecule has 1 saturated carbocycles. The summed E-state index contributed by atoms with van der Waals surface area (Å²) in [5.41, 5.74) is 5.23. The number of carbonyl (C=O) groups excluding carboxylic acids is 1. The molecular formula is C22H24N2O. The molecule has 1 aliphatic carbocycles. The van der Waals surface area contributed by atoms with Crippen LogP contribution in [-0.4, -0.2) is 17.4 Å². The maximum absolute atomic E-state index is 13.6. The largest absolute Gasteiger partial charge is 0.358 e. The van der Waals surface area contributed by atoms with Gasteiger partial charge in [-0.2, -0.15) is 0 Å². The van der Waals surface area contributed by atoms with Crippen LogP contribution in [0.5, 0.6) is 0 Å². The van der Waals surface area contributed by atoms with Gasteiger partial charge in [0, 0.05) is 28.8 Å². The van der Waals surface area contributed by atoms with Gasteiger partial charge >= 0.3 is 0 Å². The number of rotatable bonds is 4. The highest BCUT2D eigenvalue weighted by atomic mass is 16.2. The van der Waals surface area contributed by atoms with E-state index in [1.807, 2.05) is 23.1 Å². The smallest absolute Gasteiger partial charge is 0.237 e. The lowest BCUT2D eigenvalue weighted by Crippen LogP contribution is -2.39. The lowest BCUT2D eigenvalue weighted by atomic mass is 9.91. The van der Waals surface area contributed by atoms with Gasteiger partial charge in [-0.3, -0.25) is 4.79 Å². The first-order valence-corrected chi connectivity index (χ1v) is 9.03. The van der Waals surface area contributed by atoms with Crippen molar-refractivity contribution in [3.63, 3.8) is 0 Å². The Kier molecular flexibility index (Phi) is 3.68. The number of hydrogen-bond donors (Lipinski definition) is 1. The number of aromatic amines is 1. The second kappa shape index (κ2) is 5.76. The number of nitrogens with one attached hydrogen (secondary N) is 1. The minimum atomic E-state index is -0.372. The molecule has 1 aromatic heterocycles. The van der Waals surface area contributed by atoms with Crippen molar-refractivity contribution in [3.05, 3.63) is 65.4 Å². The van der Waals surface area contributed by atoms with Gasteiger partial charge in [0.15, 0.2) is 0 Å². The van der Waals surface area contributed by atoms with Gasteiger partial charge < -0.3 is 9.88 Å². The zero-order valence-electron chi connectivity index (χ0n) is 15.1. The second-order valence-electron chi connectivity index (χ2n) is 7.14. The van der Waals surface area contributed by atoms with Gasteiger partial charge in [-0.15, -0.1) is 0 Å². The third-order valence-corrected chi connectivity index (χ3v) is 5.41. The molecule has 0 saturated heterocycles. The molecule has 3 heteroatoms. The summed E-state index contributed by atoms with van der Waals surface area (Å²) in [6.45, 7) is 6.90. The van der Waals surface area contributed by atoms with E-state index in [0.29, 0.717) is 6.54 Å². The van der Waals surface area contributed by atoms with Crippen molar-refractivity contribution in [2.75, 3.05) is 11.4 Å². The topological polar surface area (TPSA) is 36.1 Å². The zero-order valence-corrected chi connectivity index (χ0v) is 15.1. The molecule has 1 N–H and O–H groups in total. The Labute approximate surface area is 148 Å². The maximum atomic E-state index is 13.6. The average Bonchev–Trinajstić information content (AvgIpc) is 3.32. The van der Waals surface area contributed by atoms with Gasteiger partial charge in [0.05, 0.1) is 5.41 Å². The first-order chi connectivity index (χ1) is 12.1. The molecule has 1 aliphatic rings. The number of amides is 1. The van der Waals surface area contributed by atoms with Crippen LogP contribution in [-0.2, 0) is 10.2 Å². The molecule has 0 aliphatic heterocycles. The van der Waals surface area contributed by atoms with Crippen molar-refractivity contribution in [2.45, 2.75) is 39.0 Å². The number of para-hydroxylation sites is 1. The summed E-state index contributed by atoms with van der Waals surface area (Å²) in [5.74, 6) is 0.230. The Balaban J connectivity index is 1.79. The molecule has 2 aromatic carbocycles. The summed E-state index contributed by atoms with van der Waals surface area (Å²) in [5, 5.41) is 1.19. The van der Waals surface area contributed by atoms with Crippen LogP contribution in [0.15, 0.2) is 48.5 Å². The van der Waals surface area contributed by atoms with E-state index in [-0.39, 0.29) is 11.3 Å². The van der Waals surface area contributed by atoms with E-state index in [9.17, 15) is 4.79 Å². The number of carbonyl (C=O) groups is 1. The summed E-state index contributed by atoms with van der Waals surface area (Å²) >= 11 is 0. The Morgan fingerprint density at radius 2 is 1.88 bits per heavy atom. The lowest BCUT2D eigenvalue weighted by Gasteiger charge is -2.27. The highest BCUT2D eigenvalue weighted by molar-refractivity contribution is 6.06. The number of fused-ring (bicyclic) bond motifs is 1. The van der Waals surface area contributed by atoms with Crippen molar-refractivity contribution < 1.29 is 4.79 Å². The van der Waals surface area contributed by atoms with Crippen molar-refractivity contribution in [3.8, 4) is 0 Å². The normalized spacial score (nSPS) is 15.3. The second-order valence-corrected chi connectivity index (χ2v) is 7.14. The number of hydrogen-bond acceptors (Lipinski definition) is 1. The fourth-order valence-electron chi connectivity index (χ4n) is 4.09. The Morgan fingerprint density at radius 1 is 1.12 bits per heavy atom. The highest BCUT2D eigenvalue weighted by Crippen LogP contribution is 2.53. The van der Waals surface area contributed by atoms with E-state index in [2.05, 4.69) is 56.1 Å². The summed E-state index contributed by atoms with van der Waals surface area (Å²) in [4.78, 5) is 19.0. The van der Waals surface area contributed by atoms with Crippen molar-refractivity contribution >= 4 is 22.5 Å². The van der Waals surface area contributed by atoms with E-state index in [4.69, 9.17) is 0 Å². The molecule has 1 amide bonds. The molecule has 0 spiro atoms.